The van der Waals surface area contributed by atoms with E-state index in [-0.39, 0.29) is 51.7 Å². The predicted molar refractivity (Wildman–Crippen MR) is 182 cm³/mol. The van der Waals surface area contributed by atoms with Gasteiger partial charge >= 0.3 is 12.1 Å². The predicted octanol–water partition coefficient (Wildman–Crippen LogP) is 0.828. The molecular weight excluding hydrogens is 671 g/mol. The number of nitrogens with two attached hydrogens (primary N) is 3. The molecule has 9 N–H and O–H groups in total. The number of carbonyl (C=O) groups is 5. The zero-order chi connectivity index (χ0) is 37.6. The SMILES string of the molecule is COC(=O)C1(N)CCN(C(=O)[C@@H](CCCCN)NC(=O)C(CC(F)(F)F)NC(=O)[C@@H](Cc2ccccc2)NC(=O)[C@H](N)Cc2ccccc2)CC1. The monoisotopic (exact) mass is 719 g/mol. The van der Waals surface area contributed by atoms with Gasteiger partial charge in [0.2, 0.25) is 23.6 Å². The van der Waals surface area contributed by atoms with E-state index in [4.69, 9.17) is 21.9 Å². The molecule has 1 fully saturated rings. The first kappa shape index (κ1) is 40.9. The molecule has 1 saturated heterocycles. The number of amides is 4. The highest BCUT2D eigenvalue weighted by Crippen LogP contribution is 2.24. The quantitative estimate of drug-likeness (QED) is 0.101. The number of likely N-dealkylation sites (tertiary alicyclic amines) is 1. The second-order valence-electron chi connectivity index (χ2n) is 12.7. The largest absolute Gasteiger partial charge is 0.468 e. The van der Waals surface area contributed by atoms with Crippen LogP contribution in [-0.2, 0) is 41.6 Å². The van der Waals surface area contributed by atoms with Crippen LogP contribution in [0.3, 0.4) is 0 Å². The Morgan fingerprint density at radius 2 is 1.31 bits per heavy atom. The molecule has 1 heterocycles. The van der Waals surface area contributed by atoms with E-state index < -0.39 is 71.9 Å². The molecule has 13 nitrogen and oxygen atoms in total. The number of hydrogen-bond acceptors (Lipinski definition) is 9. The molecule has 1 unspecified atom stereocenters. The van der Waals surface area contributed by atoms with Crippen molar-refractivity contribution in [3.8, 4) is 0 Å². The van der Waals surface area contributed by atoms with Gasteiger partial charge in [0, 0.05) is 19.5 Å². The molecular formula is C35H48F3N7O6. The van der Waals surface area contributed by atoms with Gasteiger partial charge in [-0.25, -0.2) is 0 Å². The Bertz CT molecular complexity index is 1460. The van der Waals surface area contributed by atoms with Crippen molar-refractivity contribution in [1.82, 2.24) is 20.9 Å². The molecule has 0 bridgehead atoms. The first-order valence-corrected chi connectivity index (χ1v) is 16.8. The van der Waals surface area contributed by atoms with Crippen LogP contribution in [0.4, 0.5) is 13.2 Å². The molecule has 4 atom stereocenters. The lowest BCUT2D eigenvalue weighted by atomic mass is 9.88. The van der Waals surface area contributed by atoms with Crippen molar-refractivity contribution in [3.63, 3.8) is 0 Å². The van der Waals surface area contributed by atoms with Gasteiger partial charge in [-0.2, -0.15) is 13.2 Å². The minimum absolute atomic E-state index is 0.0453. The van der Waals surface area contributed by atoms with Crippen LogP contribution in [0.2, 0.25) is 0 Å². The van der Waals surface area contributed by atoms with Gasteiger partial charge < -0.3 is 42.8 Å². The molecule has 0 aliphatic carbocycles. The van der Waals surface area contributed by atoms with E-state index in [1.807, 2.05) is 0 Å². The maximum atomic E-state index is 13.8. The fourth-order valence-corrected chi connectivity index (χ4v) is 5.79. The summed E-state index contributed by atoms with van der Waals surface area (Å²) in [5.41, 5.74) is 17.9. The van der Waals surface area contributed by atoms with Gasteiger partial charge in [-0.15, -0.1) is 0 Å². The van der Waals surface area contributed by atoms with Crippen molar-refractivity contribution in [2.45, 2.75) is 87.2 Å². The molecule has 2 aromatic carbocycles. The molecule has 1 aliphatic rings. The number of unbranched alkanes of at least 4 members (excludes halogenated alkanes) is 1. The molecule has 2 aromatic rings. The van der Waals surface area contributed by atoms with Crippen LogP contribution in [-0.4, -0.2) is 97.1 Å². The summed E-state index contributed by atoms with van der Waals surface area (Å²) in [5.74, 6) is -4.21. The van der Waals surface area contributed by atoms with Crippen molar-refractivity contribution in [2.24, 2.45) is 17.2 Å². The number of nitrogens with one attached hydrogen (secondary N) is 3. The molecule has 0 aromatic heterocycles. The van der Waals surface area contributed by atoms with Crippen LogP contribution in [0.1, 0.15) is 49.7 Å². The zero-order valence-corrected chi connectivity index (χ0v) is 28.6. The van der Waals surface area contributed by atoms with Crippen molar-refractivity contribution in [1.29, 1.82) is 0 Å². The fraction of sp³-hybridized carbons (Fsp3) is 0.514. The Labute approximate surface area is 295 Å². The summed E-state index contributed by atoms with van der Waals surface area (Å²) in [6, 6.07) is 11.5. The summed E-state index contributed by atoms with van der Waals surface area (Å²) in [6.07, 6.45) is -5.56. The molecule has 1 aliphatic heterocycles. The number of ether oxygens (including phenoxy) is 1. The van der Waals surface area contributed by atoms with E-state index in [0.717, 1.165) is 5.56 Å². The fourth-order valence-electron chi connectivity index (χ4n) is 5.79. The van der Waals surface area contributed by atoms with Crippen molar-refractivity contribution >= 4 is 29.6 Å². The molecule has 51 heavy (non-hydrogen) atoms. The van der Waals surface area contributed by atoms with E-state index in [1.165, 1.54) is 12.0 Å². The van der Waals surface area contributed by atoms with E-state index >= 15 is 0 Å². The molecule has 4 amide bonds. The van der Waals surface area contributed by atoms with Gasteiger partial charge in [-0.1, -0.05) is 60.7 Å². The van der Waals surface area contributed by atoms with Crippen molar-refractivity contribution in [2.75, 3.05) is 26.7 Å². The maximum absolute atomic E-state index is 13.8. The zero-order valence-electron chi connectivity index (χ0n) is 28.6. The summed E-state index contributed by atoms with van der Waals surface area (Å²) in [4.78, 5) is 67.4. The smallest absolute Gasteiger partial charge is 0.391 e. The van der Waals surface area contributed by atoms with E-state index in [9.17, 15) is 37.1 Å². The normalized spacial score (nSPS) is 16.6. The number of carbonyl (C=O) groups excluding carboxylic acids is 5. The highest BCUT2D eigenvalue weighted by molar-refractivity contribution is 5.95. The third kappa shape index (κ3) is 12.9. The van der Waals surface area contributed by atoms with Crippen LogP contribution in [0.5, 0.6) is 0 Å². The average Bonchev–Trinajstić information content (AvgIpc) is 3.10. The lowest BCUT2D eigenvalue weighted by molar-refractivity contribution is -0.154. The van der Waals surface area contributed by atoms with Crippen LogP contribution in [0.25, 0.3) is 0 Å². The number of esters is 1. The van der Waals surface area contributed by atoms with Crippen LogP contribution in [0, 0.1) is 0 Å². The number of hydrogen-bond donors (Lipinski definition) is 6. The van der Waals surface area contributed by atoms with Crippen molar-refractivity contribution < 1.29 is 41.9 Å². The van der Waals surface area contributed by atoms with E-state index in [1.54, 1.807) is 60.7 Å². The van der Waals surface area contributed by atoms with Gasteiger partial charge in [-0.3, -0.25) is 24.0 Å². The molecule has 280 valence electrons. The Balaban J connectivity index is 1.80. The highest BCUT2D eigenvalue weighted by atomic mass is 19.4. The summed E-state index contributed by atoms with van der Waals surface area (Å²) in [6.45, 7) is 0.372. The van der Waals surface area contributed by atoms with Gasteiger partial charge in [-0.05, 0) is 56.2 Å². The summed E-state index contributed by atoms with van der Waals surface area (Å²) in [7, 11) is 1.20. The molecule has 0 spiro atoms. The van der Waals surface area contributed by atoms with Crippen LogP contribution >= 0.6 is 0 Å². The minimum atomic E-state index is -4.89. The molecule has 3 rings (SSSR count). The highest BCUT2D eigenvalue weighted by Gasteiger charge is 2.42. The van der Waals surface area contributed by atoms with Gasteiger partial charge in [0.25, 0.3) is 0 Å². The standard InChI is InChI=1S/C35H48F3N7O6/c1-51-33(50)34(41)15-18-45(19-16-34)32(49)26(14-8-9-17-39)42-31(48)28(22-35(36,37)38)44-30(47)27(21-24-12-6-3-7-13-24)43-29(46)25(40)20-23-10-4-2-5-11-23/h2-7,10-13,25-28H,8-9,14-22,39-41H2,1H3,(H,42,48)(H,43,46)(H,44,47)/t25-,26-,27-,28?/m1/s1. The minimum Gasteiger partial charge on any atom is -0.468 e. The Kier molecular flexibility index (Phi) is 15.4. The average molecular weight is 720 g/mol. The second-order valence-corrected chi connectivity index (χ2v) is 12.7. The van der Waals surface area contributed by atoms with Crippen LogP contribution < -0.4 is 33.2 Å². The third-order valence-corrected chi connectivity index (χ3v) is 8.74. The van der Waals surface area contributed by atoms with Crippen molar-refractivity contribution in [3.05, 3.63) is 71.8 Å². The lowest BCUT2D eigenvalue weighted by Gasteiger charge is -2.38. The van der Waals surface area contributed by atoms with Gasteiger partial charge in [0.15, 0.2) is 0 Å². The van der Waals surface area contributed by atoms with E-state index in [2.05, 4.69) is 16.0 Å². The summed E-state index contributed by atoms with van der Waals surface area (Å²) in [5, 5.41) is 7.13. The number of benzene rings is 2. The number of alkyl halides is 3. The summed E-state index contributed by atoms with van der Waals surface area (Å²) >= 11 is 0. The number of methoxy groups -OCH3 is 1. The van der Waals surface area contributed by atoms with E-state index in [0.29, 0.717) is 18.4 Å². The number of piperidine rings is 1. The third-order valence-electron chi connectivity index (χ3n) is 8.74. The molecule has 0 saturated carbocycles. The summed E-state index contributed by atoms with van der Waals surface area (Å²) < 4.78 is 46.3. The Morgan fingerprint density at radius 3 is 1.84 bits per heavy atom. The van der Waals surface area contributed by atoms with Gasteiger partial charge in [0.05, 0.1) is 19.6 Å². The maximum Gasteiger partial charge on any atom is 0.391 e. The first-order chi connectivity index (χ1) is 24.2. The number of nitrogens with zero attached hydrogens (tertiary/aromatic N) is 1. The van der Waals surface area contributed by atoms with Gasteiger partial charge in [0.1, 0.15) is 23.7 Å². The molecule has 0 radical (unpaired) electrons. The van der Waals surface area contributed by atoms with Crippen LogP contribution in [0.15, 0.2) is 60.7 Å². The second kappa shape index (κ2) is 19.2. The lowest BCUT2D eigenvalue weighted by Crippen LogP contribution is -2.61. The number of rotatable bonds is 17. The topological polar surface area (TPSA) is 212 Å². The Hall–Kier alpha value is -4.54. The first-order valence-electron chi connectivity index (χ1n) is 16.8. The Morgan fingerprint density at radius 1 is 0.804 bits per heavy atom. The molecule has 16 heteroatoms. The number of halogens is 3.